The first kappa shape index (κ1) is 14.2. The number of fused-ring (bicyclic) bond motifs is 1. The van der Waals surface area contributed by atoms with Crippen LogP contribution in [0.25, 0.3) is 10.9 Å². The van der Waals surface area contributed by atoms with Gasteiger partial charge in [0.05, 0.1) is 16.2 Å². The average Bonchev–Trinajstić information content (AvgIpc) is 2.82. The number of pyridine rings is 1. The van der Waals surface area contributed by atoms with Crippen molar-refractivity contribution >= 4 is 22.2 Å². The van der Waals surface area contributed by atoms with Gasteiger partial charge in [-0.3, -0.25) is 4.98 Å². The van der Waals surface area contributed by atoms with Gasteiger partial charge in [-0.1, -0.05) is 18.2 Å². The summed E-state index contributed by atoms with van der Waals surface area (Å²) in [6.45, 7) is 4.21. The van der Waals surface area contributed by atoms with E-state index in [1.807, 2.05) is 19.3 Å². The molecule has 0 aliphatic heterocycles. The molecule has 3 nitrogen and oxygen atoms in total. The van der Waals surface area contributed by atoms with E-state index < -0.39 is 0 Å². The molecule has 0 saturated carbocycles. The van der Waals surface area contributed by atoms with Crippen LogP contribution in [0.2, 0.25) is 0 Å². The van der Waals surface area contributed by atoms with Crippen molar-refractivity contribution in [2.75, 3.05) is 7.05 Å². The fourth-order valence-corrected chi connectivity index (χ4v) is 3.58. The van der Waals surface area contributed by atoms with Crippen molar-refractivity contribution < 1.29 is 0 Å². The topological polar surface area (TPSA) is 37.8 Å². The standard InChI is InChI=1S/C17H19N3S/c1-11-12(2)21-17(20-11)10-16(18-3)14-6-4-8-15-13(14)7-5-9-19-15/h4-9,16,18H,10H2,1-3H3. The van der Waals surface area contributed by atoms with Crippen LogP contribution < -0.4 is 5.32 Å². The summed E-state index contributed by atoms with van der Waals surface area (Å²) in [5, 5.41) is 5.82. The van der Waals surface area contributed by atoms with E-state index >= 15 is 0 Å². The SMILES string of the molecule is CNC(Cc1nc(C)c(C)s1)c1cccc2ncccc12. The predicted octanol–water partition coefficient (Wildman–Crippen LogP) is 3.81. The number of aryl methyl sites for hydroxylation is 2. The highest BCUT2D eigenvalue weighted by Gasteiger charge is 2.16. The molecule has 3 rings (SSSR count). The zero-order chi connectivity index (χ0) is 14.8. The third-order valence-electron chi connectivity index (χ3n) is 3.85. The molecule has 0 spiro atoms. The van der Waals surface area contributed by atoms with Crippen LogP contribution >= 0.6 is 11.3 Å². The lowest BCUT2D eigenvalue weighted by molar-refractivity contribution is 0.594. The summed E-state index contributed by atoms with van der Waals surface area (Å²) in [6, 6.07) is 10.7. The largest absolute Gasteiger partial charge is 0.313 e. The van der Waals surface area contributed by atoms with E-state index in [4.69, 9.17) is 0 Å². The quantitative estimate of drug-likeness (QED) is 0.795. The number of aromatic nitrogens is 2. The Bertz CT molecular complexity index is 739. The summed E-state index contributed by atoms with van der Waals surface area (Å²) in [7, 11) is 2.01. The van der Waals surface area contributed by atoms with Gasteiger partial charge in [-0.2, -0.15) is 0 Å². The van der Waals surface area contributed by atoms with E-state index in [-0.39, 0.29) is 6.04 Å². The highest BCUT2D eigenvalue weighted by molar-refractivity contribution is 7.11. The van der Waals surface area contributed by atoms with E-state index in [9.17, 15) is 0 Å². The molecule has 4 heteroatoms. The van der Waals surface area contributed by atoms with Crippen LogP contribution in [-0.2, 0) is 6.42 Å². The van der Waals surface area contributed by atoms with Crippen LogP contribution in [0.3, 0.4) is 0 Å². The third kappa shape index (κ3) is 2.82. The second-order valence-corrected chi connectivity index (χ2v) is 6.50. The van der Waals surface area contributed by atoms with Crippen LogP contribution in [0.4, 0.5) is 0 Å². The summed E-state index contributed by atoms with van der Waals surface area (Å²) in [4.78, 5) is 10.4. The lowest BCUT2D eigenvalue weighted by Gasteiger charge is -2.17. The van der Waals surface area contributed by atoms with Crippen LogP contribution in [0.5, 0.6) is 0 Å². The smallest absolute Gasteiger partial charge is 0.0949 e. The summed E-state index contributed by atoms with van der Waals surface area (Å²) < 4.78 is 0. The number of likely N-dealkylation sites (N-methyl/N-ethyl adjacent to an activating group) is 1. The van der Waals surface area contributed by atoms with Crippen molar-refractivity contribution in [2.45, 2.75) is 26.3 Å². The fourth-order valence-electron chi connectivity index (χ4n) is 2.60. The van der Waals surface area contributed by atoms with E-state index in [1.165, 1.54) is 20.8 Å². The zero-order valence-electron chi connectivity index (χ0n) is 12.6. The van der Waals surface area contributed by atoms with Gasteiger partial charge < -0.3 is 5.32 Å². The van der Waals surface area contributed by atoms with Gasteiger partial charge in [0.2, 0.25) is 0 Å². The zero-order valence-corrected chi connectivity index (χ0v) is 13.4. The van der Waals surface area contributed by atoms with Crippen molar-refractivity contribution in [3.8, 4) is 0 Å². The van der Waals surface area contributed by atoms with E-state index in [0.717, 1.165) is 17.6 Å². The van der Waals surface area contributed by atoms with Crippen molar-refractivity contribution in [3.05, 3.63) is 57.7 Å². The lowest BCUT2D eigenvalue weighted by atomic mass is 9.99. The third-order valence-corrected chi connectivity index (χ3v) is 4.95. The van der Waals surface area contributed by atoms with Crippen LogP contribution in [0.1, 0.15) is 27.2 Å². The molecule has 1 aromatic carbocycles. The highest BCUT2D eigenvalue weighted by Crippen LogP contribution is 2.27. The molecule has 0 bridgehead atoms. The number of hydrogen-bond donors (Lipinski definition) is 1. The number of nitrogens with zero attached hydrogens (tertiary/aromatic N) is 2. The maximum atomic E-state index is 4.67. The Morgan fingerprint density at radius 2 is 2.05 bits per heavy atom. The van der Waals surface area contributed by atoms with Gasteiger partial charge in [0.1, 0.15) is 0 Å². The minimum absolute atomic E-state index is 0.253. The Morgan fingerprint density at radius 1 is 1.19 bits per heavy atom. The Balaban J connectivity index is 1.98. The van der Waals surface area contributed by atoms with Gasteiger partial charge in [0.25, 0.3) is 0 Å². The first-order valence-electron chi connectivity index (χ1n) is 7.13. The minimum atomic E-state index is 0.253. The second kappa shape index (κ2) is 5.92. The van der Waals surface area contributed by atoms with Crippen LogP contribution in [0, 0.1) is 13.8 Å². The Hall–Kier alpha value is -1.78. The Morgan fingerprint density at radius 3 is 2.76 bits per heavy atom. The van der Waals surface area contributed by atoms with Gasteiger partial charge >= 0.3 is 0 Å². The molecule has 0 amide bonds. The molecule has 0 aliphatic carbocycles. The normalized spacial score (nSPS) is 12.7. The Kier molecular flexibility index (Phi) is 3.99. The average molecular weight is 297 g/mol. The van der Waals surface area contributed by atoms with Gasteiger partial charge in [-0.15, -0.1) is 11.3 Å². The lowest BCUT2D eigenvalue weighted by Crippen LogP contribution is -2.19. The maximum Gasteiger partial charge on any atom is 0.0949 e. The molecule has 1 N–H and O–H groups in total. The number of benzene rings is 1. The van der Waals surface area contributed by atoms with Gasteiger partial charge in [0.15, 0.2) is 0 Å². The summed E-state index contributed by atoms with van der Waals surface area (Å²) in [5.41, 5.74) is 3.47. The molecule has 0 fully saturated rings. The van der Waals surface area contributed by atoms with Crippen LogP contribution in [-0.4, -0.2) is 17.0 Å². The maximum absolute atomic E-state index is 4.67. The van der Waals surface area contributed by atoms with Crippen molar-refractivity contribution in [1.29, 1.82) is 0 Å². The Labute approximate surface area is 129 Å². The first-order chi connectivity index (χ1) is 10.2. The molecule has 3 aromatic rings. The van der Waals surface area contributed by atoms with E-state index in [0.29, 0.717) is 0 Å². The molecule has 0 radical (unpaired) electrons. The molecule has 2 aromatic heterocycles. The van der Waals surface area contributed by atoms with Crippen molar-refractivity contribution in [1.82, 2.24) is 15.3 Å². The van der Waals surface area contributed by atoms with Crippen LogP contribution in [0.15, 0.2) is 36.5 Å². The number of nitrogens with one attached hydrogen (secondary N) is 1. The highest BCUT2D eigenvalue weighted by atomic mass is 32.1. The molecular formula is C17H19N3S. The summed E-state index contributed by atoms with van der Waals surface area (Å²) in [5.74, 6) is 0. The molecule has 0 saturated heterocycles. The van der Waals surface area contributed by atoms with Gasteiger partial charge in [0, 0.05) is 28.9 Å². The summed E-state index contributed by atoms with van der Waals surface area (Å²) in [6.07, 6.45) is 2.75. The molecule has 1 unspecified atom stereocenters. The number of hydrogen-bond acceptors (Lipinski definition) is 4. The fraction of sp³-hybridized carbons (Fsp3) is 0.294. The van der Waals surface area contributed by atoms with E-state index in [1.54, 1.807) is 11.3 Å². The molecule has 21 heavy (non-hydrogen) atoms. The second-order valence-electron chi connectivity index (χ2n) is 5.21. The van der Waals surface area contributed by atoms with Crippen molar-refractivity contribution in [2.24, 2.45) is 0 Å². The molecule has 2 heterocycles. The molecule has 0 aliphatic rings. The molecule has 1 atom stereocenters. The summed E-state index contributed by atoms with van der Waals surface area (Å²) >= 11 is 1.79. The van der Waals surface area contributed by atoms with Gasteiger partial charge in [-0.05, 0) is 38.6 Å². The number of rotatable bonds is 4. The minimum Gasteiger partial charge on any atom is -0.313 e. The number of thiazole rings is 1. The monoisotopic (exact) mass is 297 g/mol. The first-order valence-corrected chi connectivity index (χ1v) is 7.94. The van der Waals surface area contributed by atoms with E-state index in [2.05, 4.69) is 53.4 Å². The van der Waals surface area contributed by atoms with Gasteiger partial charge in [-0.25, -0.2) is 4.98 Å². The van der Waals surface area contributed by atoms with Crippen molar-refractivity contribution in [3.63, 3.8) is 0 Å². The predicted molar refractivity (Wildman–Crippen MR) is 88.8 cm³/mol. The molecular weight excluding hydrogens is 278 g/mol. The molecule has 108 valence electrons.